The highest BCUT2D eigenvalue weighted by atomic mass is 35.5. The zero-order valence-corrected chi connectivity index (χ0v) is 16.0. The van der Waals surface area contributed by atoms with Crippen molar-refractivity contribution in [3.8, 4) is 0 Å². The van der Waals surface area contributed by atoms with Gasteiger partial charge in [0.15, 0.2) is 0 Å². The van der Waals surface area contributed by atoms with Gasteiger partial charge in [-0.2, -0.15) is 0 Å². The highest BCUT2D eigenvalue weighted by Crippen LogP contribution is 2.29. The molecule has 27 heavy (non-hydrogen) atoms. The molecule has 0 unspecified atom stereocenters. The van der Waals surface area contributed by atoms with E-state index in [9.17, 15) is 28.2 Å². The average molecular weight is 412 g/mol. The molecule has 0 radical (unpaired) electrons. The predicted octanol–water partition coefficient (Wildman–Crippen LogP) is 3.73. The summed E-state index contributed by atoms with van der Waals surface area (Å²) in [6.45, 7) is 1.92. The number of unbranched alkanes of at least 4 members (excludes halogenated alkanes) is 1. The van der Waals surface area contributed by atoms with Crippen molar-refractivity contribution in [1.82, 2.24) is 0 Å². The van der Waals surface area contributed by atoms with E-state index in [0.29, 0.717) is 12.8 Å². The summed E-state index contributed by atoms with van der Waals surface area (Å²) < 4.78 is 27.4. The first-order valence-corrected chi connectivity index (χ1v) is 9.89. The molecule has 0 saturated heterocycles. The minimum atomic E-state index is -4.21. The van der Waals surface area contributed by atoms with E-state index in [1.807, 2.05) is 6.92 Å². The summed E-state index contributed by atoms with van der Waals surface area (Å²) in [7, 11) is -4.21. The van der Waals surface area contributed by atoms with Crippen LogP contribution >= 0.6 is 11.6 Å². The van der Waals surface area contributed by atoms with Gasteiger partial charge in [-0.25, -0.2) is 18.0 Å². The summed E-state index contributed by atoms with van der Waals surface area (Å²) in [5.74, 6) is -2.62. The van der Waals surface area contributed by atoms with E-state index < -0.39 is 22.0 Å². The summed E-state index contributed by atoms with van der Waals surface area (Å²) in [6, 6.07) is 9.14. The lowest BCUT2D eigenvalue weighted by atomic mass is 10.1. The maximum Gasteiger partial charge on any atom is 0.337 e. The van der Waals surface area contributed by atoms with E-state index in [4.69, 9.17) is 11.6 Å². The second kappa shape index (κ2) is 8.41. The van der Waals surface area contributed by atoms with Gasteiger partial charge in [0.2, 0.25) is 0 Å². The quantitative estimate of drug-likeness (QED) is 0.684. The van der Waals surface area contributed by atoms with Crippen molar-refractivity contribution in [2.75, 3.05) is 10.8 Å². The van der Waals surface area contributed by atoms with Crippen molar-refractivity contribution in [2.45, 2.75) is 24.7 Å². The molecule has 0 fully saturated rings. The second-order valence-corrected chi connectivity index (χ2v) is 7.97. The smallest absolute Gasteiger partial charge is 0.337 e. The number of hydrogen-bond donors (Lipinski definition) is 2. The molecule has 7 nitrogen and oxygen atoms in total. The molecule has 0 aliphatic carbocycles. The monoisotopic (exact) mass is 411 g/mol. The number of aromatic carboxylic acids is 2. The molecule has 2 N–H and O–H groups in total. The Hall–Kier alpha value is -2.58. The minimum Gasteiger partial charge on any atom is -0.478 e. The molecule has 0 bridgehead atoms. The first-order valence-electron chi connectivity index (χ1n) is 8.08. The van der Waals surface area contributed by atoms with Gasteiger partial charge in [-0.1, -0.05) is 37.1 Å². The van der Waals surface area contributed by atoms with E-state index in [-0.39, 0.29) is 33.3 Å². The number of carboxylic acid groups (broad SMARTS) is 2. The van der Waals surface area contributed by atoms with Gasteiger partial charge in [-0.05, 0) is 36.8 Å². The van der Waals surface area contributed by atoms with Crippen LogP contribution < -0.4 is 4.31 Å². The molecule has 2 aromatic rings. The molecule has 2 rings (SSSR count). The van der Waals surface area contributed by atoms with Crippen molar-refractivity contribution in [3.05, 3.63) is 58.6 Å². The maximum atomic E-state index is 13.2. The van der Waals surface area contributed by atoms with Crippen molar-refractivity contribution >= 4 is 39.3 Å². The Morgan fingerprint density at radius 3 is 2.26 bits per heavy atom. The normalized spacial score (nSPS) is 11.2. The van der Waals surface area contributed by atoms with E-state index in [0.717, 1.165) is 10.4 Å². The van der Waals surface area contributed by atoms with Crippen molar-refractivity contribution in [1.29, 1.82) is 0 Å². The van der Waals surface area contributed by atoms with Crippen LogP contribution in [0.1, 0.15) is 40.5 Å². The summed E-state index contributed by atoms with van der Waals surface area (Å²) in [6.07, 6.45) is 1.18. The minimum absolute atomic E-state index is 0.0188. The molecule has 0 heterocycles. The maximum absolute atomic E-state index is 13.2. The summed E-state index contributed by atoms with van der Waals surface area (Å²) in [4.78, 5) is 22.5. The molecule has 0 spiro atoms. The highest BCUT2D eigenvalue weighted by molar-refractivity contribution is 7.92. The number of carboxylic acids is 2. The number of sulfonamides is 1. The van der Waals surface area contributed by atoms with Gasteiger partial charge >= 0.3 is 11.9 Å². The third-order valence-electron chi connectivity index (χ3n) is 3.87. The Balaban J connectivity index is 2.65. The number of hydrogen-bond acceptors (Lipinski definition) is 4. The number of benzene rings is 2. The van der Waals surface area contributed by atoms with Crippen molar-refractivity contribution in [3.63, 3.8) is 0 Å². The number of rotatable bonds is 8. The zero-order valence-electron chi connectivity index (χ0n) is 14.4. The van der Waals surface area contributed by atoms with Crippen LogP contribution in [0, 0.1) is 0 Å². The van der Waals surface area contributed by atoms with Gasteiger partial charge in [0.25, 0.3) is 10.0 Å². The Labute approximate surface area is 161 Å². The fourth-order valence-electron chi connectivity index (χ4n) is 2.50. The van der Waals surface area contributed by atoms with Gasteiger partial charge < -0.3 is 10.2 Å². The Morgan fingerprint density at radius 2 is 1.67 bits per heavy atom. The molecule has 2 aromatic carbocycles. The van der Waals surface area contributed by atoms with Crippen LogP contribution in [0.15, 0.2) is 47.4 Å². The lowest BCUT2D eigenvalue weighted by Gasteiger charge is -2.26. The van der Waals surface area contributed by atoms with Crippen LogP contribution in [0.4, 0.5) is 5.69 Å². The third kappa shape index (κ3) is 4.40. The standard InChI is InChI=1S/C18H18ClNO6S/c1-2-3-10-20(16-7-5-4-6-13(16)17(21)22)27(25,26)12-8-9-15(19)14(11-12)18(23)24/h4-9,11H,2-3,10H2,1H3,(H,21,22)(H,23,24). The predicted molar refractivity (Wildman–Crippen MR) is 101 cm³/mol. The molecule has 0 atom stereocenters. The van der Waals surface area contributed by atoms with E-state index in [1.54, 1.807) is 6.07 Å². The number of anilines is 1. The van der Waals surface area contributed by atoms with Crippen LogP contribution in [0.2, 0.25) is 5.02 Å². The summed E-state index contributed by atoms with van der Waals surface area (Å²) in [5.41, 5.74) is -0.491. The Bertz CT molecular complexity index is 974. The fourth-order valence-corrected chi connectivity index (χ4v) is 4.25. The van der Waals surface area contributed by atoms with Gasteiger partial charge in [0.1, 0.15) is 0 Å². The van der Waals surface area contributed by atoms with Crippen LogP contribution in [0.3, 0.4) is 0 Å². The molecule has 0 aliphatic rings. The SMILES string of the molecule is CCCCN(c1ccccc1C(=O)O)S(=O)(=O)c1ccc(Cl)c(C(=O)O)c1. The van der Waals surface area contributed by atoms with E-state index >= 15 is 0 Å². The lowest BCUT2D eigenvalue weighted by Crippen LogP contribution is -2.33. The van der Waals surface area contributed by atoms with E-state index in [1.165, 1.54) is 30.3 Å². The fraction of sp³-hybridized carbons (Fsp3) is 0.222. The van der Waals surface area contributed by atoms with Gasteiger partial charge in [-0.15, -0.1) is 0 Å². The van der Waals surface area contributed by atoms with E-state index in [2.05, 4.69) is 0 Å². The lowest BCUT2D eigenvalue weighted by molar-refractivity contribution is 0.0686. The number of carbonyl (C=O) groups is 2. The molecular weight excluding hydrogens is 394 g/mol. The number of nitrogens with zero attached hydrogens (tertiary/aromatic N) is 1. The molecule has 0 aliphatic heterocycles. The number of para-hydroxylation sites is 1. The number of halogens is 1. The Morgan fingerprint density at radius 1 is 1.04 bits per heavy atom. The molecular formula is C18H18ClNO6S. The summed E-state index contributed by atoms with van der Waals surface area (Å²) in [5, 5.41) is 18.5. The topological polar surface area (TPSA) is 112 Å². The first kappa shape index (κ1) is 20.7. The molecule has 0 saturated carbocycles. The van der Waals surface area contributed by atoms with Crippen LogP contribution in [0.25, 0.3) is 0 Å². The van der Waals surface area contributed by atoms with Crippen molar-refractivity contribution in [2.24, 2.45) is 0 Å². The third-order valence-corrected chi connectivity index (χ3v) is 6.01. The van der Waals surface area contributed by atoms with Crippen LogP contribution in [-0.4, -0.2) is 37.1 Å². The molecule has 144 valence electrons. The molecule has 0 amide bonds. The van der Waals surface area contributed by atoms with Gasteiger partial charge in [0.05, 0.1) is 26.7 Å². The van der Waals surface area contributed by atoms with Gasteiger partial charge in [0, 0.05) is 6.54 Å². The second-order valence-electron chi connectivity index (χ2n) is 5.70. The average Bonchev–Trinajstić information content (AvgIpc) is 2.62. The molecule has 9 heteroatoms. The highest BCUT2D eigenvalue weighted by Gasteiger charge is 2.29. The Kier molecular flexibility index (Phi) is 6.45. The molecule has 0 aromatic heterocycles. The largest absolute Gasteiger partial charge is 0.478 e. The van der Waals surface area contributed by atoms with Crippen LogP contribution in [-0.2, 0) is 10.0 Å². The van der Waals surface area contributed by atoms with Gasteiger partial charge in [-0.3, -0.25) is 4.31 Å². The van der Waals surface area contributed by atoms with Crippen molar-refractivity contribution < 1.29 is 28.2 Å². The zero-order chi connectivity index (χ0) is 20.2. The first-order chi connectivity index (χ1) is 12.7. The summed E-state index contributed by atoms with van der Waals surface area (Å²) >= 11 is 5.82. The van der Waals surface area contributed by atoms with Crippen LogP contribution in [0.5, 0.6) is 0 Å².